The van der Waals surface area contributed by atoms with Crippen molar-refractivity contribution in [3.05, 3.63) is 11.8 Å². The molecule has 0 bridgehead atoms. The average Bonchev–Trinajstić information content (AvgIpc) is 2.44. The number of hydrogen-bond acceptors (Lipinski definition) is 3. The Balaban J connectivity index is 2.17. The molecule has 15 heavy (non-hydrogen) atoms. The van der Waals surface area contributed by atoms with Crippen LogP contribution in [0.2, 0.25) is 0 Å². The van der Waals surface area contributed by atoms with Crippen LogP contribution in [0.1, 0.15) is 26.0 Å². The Morgan fingerprint density at radius 2 is 2.27 bits per heavy atom. The lowest BCUT2D eigenvalue weighted by atomic mass is 10.4. The van der Waals surface area contributed by atoms with Crippen LogP contribution in [0, 0.1) is 6.92 Å². The van der Waals surface area contributed by atoms with Crippen LogP contribution in [0.3, 0.4) is 0 Å². The van der Waals surface area contributed by atoms with Gasteiger partial charge in [0.2, 0.25) is 0 Å². The molecule has 0 radical (unpaired) electrons. The Hall–Kier alpha value is -0.480. The monoisotopic (exact) mass is 227 g/mol. The van der Waals surface area contributed by atoms with E-state index in [0.29, 0.717) is 6.04 Å². The summed E-state index contributed by atoms with van der Waals surface area (Å²) in [5.41, 5.74) is 1.10. The van der Waals surface area contributed by atoms with Gasteiger partial charge in [0.15, 0.2) is 0 Å². The van der Waals surface area contributed by atoms with E-state index >= 15 is 0 Å². The second kappa shape index (κ2) is 6.18. The van der Waals surface area contributed by atoms with Gasteiger partial charge in [0.1, 0.15) is 0 Å². The maximum absolute atomic E-state index is 4.32. The SMILES string of the molecule is Cc1cc(SCCCNC(C)C)n(C)n1. The Morgan fingerprint density at radius 3 is 2.80 bits per heavy atom. The second-order valence-electron chi connectivity index (χ2n) is 4.06. The quantitative estimate of drug-likeness (QED) is 0.597. The van der Waals surface area contributed by atoms with E-state index < -0.39 is 0 Å². The molecule has 0 amide bonds. The molecule has 1 N–H and O–H groups in total. The van der Waals surface area contributed by atoms with E-state index in [4.69, 9.17) is 0 Å². The van der Waals surface area contributed by atoms with Crippen molar-refractivity contribution in [2.45, 2.75) is 38.3 Å². The molecule has 0 aromatic carbocycles. The molecular formula is C11H21N3S. The Kier molecular flexibility index (Phi) is 5.19. The highest BCUT2D eigenvalue weighted by molar-refractivity contribution is 7.99. The van der Waals surface area contributed by atoms with E-state index in [-0.39, 0.29) is 0 Å². The predicted molar refractivity (Wildman–Crippen MR) is 66.4 cm³/mol. The Labute approximate surface area is 96.6 Å². The van der Waals surface area contributed by atoms with Gasteiger partial charge in [-0.1, -0.05) is 13.8 Å². The van der Waals surface area contributed by atoms with Gasteiger partial charge in [-0.15, -0.1) is 11.8 Å². The average molecular weight is 227 g/mol. The summed E-state index contributed by atoms with van der Waals surface area (Å²) in [4.78, 5) is 0. The van der Waals surface area contributed by atoms with Gasteiger partial charge < -0.3 is 5.32 Å². The summed E-state index contributed by atoms with van der Waals surface area (Å²) in [6.45, 7) is 7.49. The molecule has 0 aliphatic carbocycles. The molecule has 0 aliphatic rings. The molecule has 0 saturated carbocycles. The molecule has 0 aliphatic heterocycles. The van der Waals surface area contributed by atoms with Gasteiger partial charge in [-0.25, -0.2) is 0 Å². The zero-order chi connectivity index (χ0) is 11.3. The zero-order valence-corrected chi connectivity index (χ0v) is 10.9. The zero-order valence-electron chi connectivity index (χ0n) is 10.1. The summed E-state index contributed by atoms with van der Waals surface area (Å²) >= 11 is 1.88. The molecule has 3 nitrogen and oxygen atoms in total. The van der Waals surface area contributed by atoms with E-state index in [0.717, 1.165) is 18.0 Å². The van der Waals surface area contributed by atoms with Crippen LogP contribution in [0.15, 0.2) is 11.1 Å². The first-order chi connectivity index (χ1) is 7.09. The topological polar surface area (TPSA) is 29.9 Å². The summed E-state index contributed by atoms with van der Waals surface area (Å²) in [6, 6.07) is 2.73. The van der Waals surface area contributed by atoms with E-state index in [2.05, 4.69) is 30.3 Å². The normalized spacial score (nSPS) is 11.3. The summed E-state index contributed by atoms with van der Waals surface area (Å²) in [5, 5.41) is 9.00. The lowest BCUT2D eigenvalue weighted by molar-refractivity contribution is 0.585. The number of aromatic nitrogens is 2. The van der Waals surface area contributed by atoms with Crippen molar-refractivity contribution < 1.29 is 0 Å². The third kappa shape index (κ3) is 4.71. The highest BCUT2D eigenvalue weighted by Crippen LogP contribution is 2.18. The molecule has 0 spiro atoms. The molecule has 1 aromatic heterocycles. The lowest BCUT2D eigenvalue weighted by Gasteiger charge is -2.07. The maximum atomic E-state index is 4.32. The van der Waals surface area contributed by atoms with Crippen molar-refractivity contribution in [2.24, 2.45) is 7.05 Å². The van der Waals surface area contributed by atoms with Crippen molar-refractivity contribution in [1.29, 1.82) is 0 Å². The van der Waals surface area contributed by atoms with Crippen LogP contribution < -0.4 is 5.32 Å². The van der Waals surface area contributed by atoms with Crippen LogP contribution in [0.25, 0.3) is 0 Å². The maximum Gasteiger partial charge on any atom is 0.0939 e. The molecule has 4 heteroatoms. The number of nitrogens with one attached hydrogen (secondary N) is 1. The van der Waals surface area contributed by atoms with Crippen LogP contribution in [0.5, 0.6) is 0 Å². The van der Waals surface area contributed by atoms with Crippen molar-refractivity contribution in [2.75, 3.05) is 12.3 Å². The fourth-order valence-electron chi connectivity index (χ4n) is 1.36. The molecule has 1 aromatic rings. The van der Waals surface area contributed by atoms with Crippen molar-refractivity contribution >= 4 is 11.8 Å². The number of hydrogen-bond donors (Lipinski definition) is 1. The first-order valence-electron chi connectivity index (χ1n) is 5.46. The number of aryl methyl sites for hydroxylation is 2. The second-order valence-corrected chi connectivity index (χ2v) is 5.17. The molecule has 1 rings (SSSR count). The minimum atomic E-state index is 0.592. The van der Waals surface area contributed by atoms with Crippen molar-refractivity contribution in [3.63, 3.8) is 0 Å². The first-order valence-corrected chi connectivity index (χ1v) is 6.45. The molecule has 0 fully saturated rings. The van der Waals surface area contributed by atoms with Gasteiger partial charge in [0.25, 0.3) is 0 Å². The van der Waals surface area contributed by atoms with Gasteiger partial charge in [-0.05, 0) is 26.0 Å². The van der Waals surface area contributed by atoms with Gasteiger partial charge in [0, 0.05) is 18.8 Å². The third-order valence-corrected chi connectivity index (χ3v) is 3.25. The summed E-state index contributed by atoms with van der Waals surface area (Å²) in [6.07, 6.45) is 1.20. The van der Waals surface area contributed by atoms with E-state index in [1.165, 1.54) is 11.4 Å². The lowest BCUT2D eigenvalue weighted by Crippen LogP contribution is -2.23. The first kappa shape index (κ1) is 12.6. The van der Waals surface area contributed by atoms with Crippen molar-refractivity contribution in [3.8, 4) is 0 Å². The number of nitrogens with zero attached hydrogens (tertiary/aromatic N) is 2. The van der Waals surface area contributed by atoms with Crippen molar-refractivity contribution in [1.82, 2.24) is 15.1 Å². The minimum Gasteiger partial charge on any atom is -0.315 e. The van der Waals surface area contributed by atoms with Crippen LogP contribution >= 0.6 is 11.8 Å². The van der Waals surface area contributed by atoms with Gasteiger partial charge in [0.05, 0.1) is 10.7 Å². The Bertz CT molecular complexity index is 294. The standard InChI is InChI=1S/C11H21N3S/c1-9(2)12-6-5-7-15-11-8-10(3)13-14(11)4/h8-9,12H,5-7H2,1-4H3. The summed E-state index contributed by atoms with van der Waals surface area (Å²) in [5.74, 6) is 1.15. The summed E-state index contributed by atoms with van der Waals surface area (Å²) in [7, 11) is 2.00. The van der Waals surface area contributed by atoms with E-state index in [9.17, 15) is 0 Å². The van der Waals surface area contributed by atoms with Crippen LogP contribution in [-0.4, -0.2) is 28.1 Å². The molecule has 0 unspecified atom stereocenters. The van der Waals surface area contributed by atoms with E-state index in [1.807, 2.05) is 30.4 Å². The van der Waals surface area contributed by atoms with Gasteiger partial charge >= 0.3 is 0 Å². The molecular weight excluding hydrogens is 206 g/mol. The highest BCUT2D eigenvalue weighted by Gasteiger charge is 2.01. The molecule has 0 saturated heterocycles. The Morgan fingerprint density at radius 1 is 1.53 bits per heavy atom. The van der Waals surface area contributed by atoms with Gasteiger partial charge in [-0.2, -0.15) is 5.10 Å². The minimum absolute atomic E-state index is 0.592. The predicted octanol–water partition coefficient (Wildman–Crippen LogP) is 2.21. The fraction of sp³-hybridized carbons (Fsp3) is 0.727. The number of thioether (sulfide) groups is 1. The molecule has 1 heterocycles. The highest BCUT2D eigenvalue weighted by atomic mass is 32.2. The summed E-state index contributed by atoms with van der Waals surface area (Å²) < 4.78 is 1.95. The largest absolute Gasteiger partial charge is 0.315 e. The third-order valence-electron chi connectivity index (χ3n) is 2.08. The molecule has 86 valence electrons. The van der Waals surface area contributed by atoms with Crippen LogP contribution in [-0.2, 0) is 7.05 Å². The molecule has 0 atom stereocenters. The number of rotatable bonds is 6. The van der Waals surface area contributed by atoms with Crippen LogP contribution in [0.4, 0.5) is 0 Å². The van der Waals surface area contributed by atoms with E-state index in [1.54, 1.807) is 0 Å². The van der Waals surface area contributed by atoms with Gasteiger partial charge in [-0.3, -0.25) is 4.68 Å². The fourth-order valence-corrected chi connectivity index (χ4v) is 2.34. The smallest absolute Gasteiger partial charge is 0.0939 e.